The molecule has 2 unspecified atom stereocenters. The van der Waals surface area contributed by atoms with Crippen molar-refractivity contribution in [3.63, 3.8) is 0 Å². The van der Waals surface area contributed by atoms with E-state index < -0.39 is 0 Å². The first-order valence-corrected chi connectivity index (χ1v) is 4.34. The normalized spacial score (nSPS) is 42.8. The van der Waals surface area contributed by atoms with Crippen molar-refractivity contribution < 1.29 is 0 Å². The molecular weight excluding hydrogens is 136 g/mol. The summed E-state index contributed by atoms with van der Waals surface area (Å²) >= 11 is 0. The van der Waals surface area contributed by atoms with Crippen molar-refractivity contribution in [3.8, 4) is 0 Å². The molecule has 11 heavy (non-hydrogen) atoms. The summed E-state index contributed by atoms with van der Waals surface area (Å²) in [6.45, 7) is 3.85. The van der Waals surface area contributed by atoms with Crippen molar-refractivity contribution in [2.24, 2.45) is 11.7 Å². The highest BCUT2D eigenvalue weighted by Crippen LogP contribution is 2.24. The molecule has 2 rings (SSSR count). The van der Waals surface area contributed by atoms with Gasteiger partial charge in [-0.15, -0.1) is 0 Å². The van der Waals surface area contributed by atoms with E-state index in [4.69, 9.17) is 5.73 Å². The number of nitrogens with two attached hydrogens (primary N) is 1. The standard InChI is InChI=1S/C8H16N2.CH2/c9-8-3-5-10-4-1-2-7(8)6-10;/h7-8H,1-6,9H2;1H2/t7?,8-;/m0./s1. The molecule has 3 atom stereocenters. The molecular formula is C9H18N2. The van der Waals surface area contributed by atoms with Crippen LogP contribution in [-0.2, 0) is 0 Å². The van der Waals surface area contributed by atoms with Crippen molar-refractivity contribution in [2.45, 2.75) is 25.3 Å². The number of hydrogen-bond acceptors (Lipinski definition) is 2. The molecule has 2 radical (unpaired) electrons. The van der Waals surface area contributed by atoms with Crippen molar-refractivity contribution in [3.05, 3.63) is 7.43 Å². The Balaban J connectivity index is 0.000000605. The molecule has 0 amide bonds. The van der Waals surface area contributed by atoms with Gasteiger partial charge in [-0.2, -0.15) is 0 Å². The molecule has 2 fully saturated rings. The Hall–Kier alpha value is -0.0800. The second kappa shape index (κ2) is 3.55. The van der Waals surface area contributed by atoms with Crippen molar-refractivity contribution in [1.82, 2.24) is 4.90 Å². The highest BCUT2D eigenvalue weighted by molar-refractivity contribution is 4.86. The van der Waals surface area contributed by atoms with Crippen LogP contribution in [0.2, 0.25) is 0 Å². The van der Waals surface area contributed by atoms with Gasteiger partial charge in [0.15, 0.2) is 0 Å². The summed E-state index contributed by atoms with van der Waals surface area (Å²) in [5.41, 5.74) is 5.96. The minimum Gasteiger partial charge on any atom is -0.327 e. The highest BCUT2D eigenvalue weighted by Gasteiger charge is 2.29. The molecule has 0 spiro atoms. The average Bonchev–Trinajstić information content (AvgIpc) is 1.99. The lowest BCUT2D eigenvalue weighted by Gasteiger charge is -2.41. The van der Waals surface area contributed by atoms with Gasteiger partial charge in [-0.05, 0) is 38.3 Å². The molecule has 0 saturated carbocycles. The highest BCUT2D eigenvalue weighted by atomic mass is 15.1. The van der Waals surface area contributed by atoms with Gasteiger partial charge in [0.25, 0.3) is 0 Å². The van der Waals surface area contributed by atoms with Gasteiger partial charge in [-0.1, -0.05) is 7.43 Å². The maximum absolute atomic E-state index is 5.96. The van der Waals surface area contributed by atoms with Gasteiger partial charge in [0, 0.05) is 12.6 Å². The van der Waals surface area contributed by atoms with E-state index in [0.717, 1.165) is 5.92 Å². The van der Waals surface area contributed by atoms with Crippen molar-refractivity contribution in [2.75, 3.05) is 19.6 Å². The number of rotatable bonds is 0. The molecule has 2 bridgehead atoms. The molecule has 2 aliphatic rings. The van der Waals surface area contributed by atoms with Gasteiger partial charge in [0.1, 0.15) is 0 Å². The van der Waals surface area contributed by atoms with Crippen LogP contribution in [0.15, 0.2) is 0 Å². The van der Waals surface area contributed by atoms with E-state index in [1.165, 1.54) is 38.9 Å². The van der Waals surface area contributed by atoms with E-state index in [9.17, 15) is 0 Å². The lowest BCUT2D eigenvalue weighted by atomic mass is 9.86. The van der Waals surface area contributed by atoms with E-state index in [2.05, 4.69) is 4.90 Å². The van der Waals surface area contributed by atoms with Crippen LogP contribution >= 0.6 is 0 Å². The fourth-order valence-electron chi connectivity index (χ4n) is 2.21. The maximum Gasteiger partial charge on any atom is 0.00915 e. The SMILES string of the molecule is N[C@H]1CCN2CCCC1C2.[CH2]. The molecule has 64 valence electrons. The minimum atomic E-state index is 0. The predicted molar refractivity (Wildman–Crippen MR) is 47.1 cm³/mol. The molecule has 2 heterocycles. The zero-order chi connectivity index (χ0) is 6.97. The molecule has 0 aromatic carbocycles. The molecule has 0 aromatic rings. The van der Waals surface area contributed by atoms with Crippen LogP contribution in [0.4, 0.5) is 0 Å². The summed E-state index contributed by atoms with van der Waals surface area (Å²) in [6, 6.07) is 0.511. The van der Waals surface area contributed by atoms with E-state index in [0.29, 0.717) is 6.04 Å². The smallest absolute Gasteiger partial charge is 0.00915 e. The van der Waals surface area contributed by atoms with Crippen LogP contribution in [0.1, 0.15) is 19.3 Å². The molecule has 2 nitrogen and oxygen atoms in total. The van der Waals surface area contributed by atoms with E-state index in [-0.39, 0.29) is 7.43 Å². The molecule has 2 saturated heterocycles. The van der Waals surface area contributed by atoms with Crippen LogP contribution in [-0.4, -0.2) is 30.6 Å². The lowest BCUT2D eigenvalue weighted by Crippen LogP contribution is -2.50. The summed E-state index contributed by atoms with van der Waals surface area (Å²) < 4.78 is 0. The number of piperidine rings is 2. The number of nitrogens with zero attached hydrogens (tertiary/aromatic N) is 1. The van der Waals surface area contributed by atoms with Gasteiger partial charge in [-0.3, -0.25) is 0 Å². The maximum atomic E-state index is 5.96. The van der Waals surface area contributed by atoms with Gasteiger partial charge >= 0.3 is 0 Å². The Morgan fingerprint density at radius 1 is 1.18 bits per heavy atom. The quantitative estimate of drug-likeness (QED) is 0.558. The first kappa shape index (κ1) is 9.01. The third-order valence-electron chi connectivity index (χ3n) is 2.93. The minimum absolute atomic E-state index is 0. The third-order valence-corrected chi connectivity index (χ3v) is 2.93. The van der Waals surface area contributed by atoms with Crippen LogP contribution in [0, 0.1) is 13.3 Å². The summed E-state index contributed by atoms with van der Waals surface area (Å²) in [5, 5.41) is 0. The third kappa shape index (κ3) is 1.74. The van der Waals surface area contributed by atoms with E-state index in [1.54, 1.807) is 0 Å². The largest absolute Gasteiger partial charge is 0.327 e. The lowest BCUT2D eigenvalue weighted by molar-refractivity contribution is 0.107. The Labute approximate surface area is 69.8 Å². The van der Waals surface area contributed by atoms with Gasteiger partial charge in [0.2, 0.25) is 0 Å². The Morgan fingerprint density at radius 2 is 2.00 bits per heavy atom. The van der Waals surface area contributed by atoms with Crippen molar-refractivity contribution >= 4 is 0 Å². The van der Waals surface area contributed by atoms with Gasteiger partial charge in [0.05, 0.1) is 0 Å². The van der Waals surface area contributed by atoms with Gasteiger partial charge in [-0.25, -0.2) is 0 Å². The van der Waals surface area contributed by atoms with Crippen LogP contribution in [0.5, 0.6) is 0 Å². The Morgan fingerprint density at radius 3 is 2.73 bits per heavy atom. The number of hydrogen-bond donors (Lipinski definition) is 1. The van der Waals surface area contributed by atoms with E-state index in [1.807, 2.05) is 0 Å². The molecule has 2 N–H and O–H groups in total. The molecule has 0 aromatic heterocycles. The van der Waals surface area contributed by atoms with Crippen LogP contribution in [0.25, 0.3) is 0 Å². The zero-order valence-corrected chi connectivity index (χ0v) is 7.13. The van der Waals surface area contributed by atoms with Crippen LogP contribution in [0.3, 0.4) is 0 Å². The fraction of sp³-hybridized carbons (Fsp3) is 0.889. The molecule has 2 aliphatic heterocycles. The first-order valence-electron chi connectivity index (χ1n) is 4.34. The second-order valence-electron chi connectivity index (χ2n) is 3.66. The first-order chi connectivity index (χ1) is 4.86. The number of fused-ring (bicyclic) bond motifs is 2. The van der Waals surface area contributed by atoms with Crippen molar-refractivity contribution in [1.29, 1.82) is 0 Å². The Kier molecular flexibility index (Phi) is 2.90. The van der Waals surface area contributed by atoms with E-state index >= 15 is 0 Å². The summed E-state index contributed by atoms with van der Waals surface area (Å²) in [6.07, 6.45) is 3.97. The summed E-state index contributed by atoms with van der Waals surface area (Å²) in [7, 11) is 0. The summed E-state index contributed by atoms with van der Waals surface area (Å²) in [5.74, 6) is 0.822. The Bertz CT molecular complexity index is 123. The van der Waals surface area contributed by atoms with Crippen LogP contribution < -0.4 is 5.73 Å². The fourth-order valence-corrected chi connectivity index (χ4v) is 2.21. The molecule has 0 aliphatic carbocycles. The zero-order valence-electron chi connectivity index (χ0n) is 7.13. The monoisotopic (exact) mass is 154 g/mol. The topological polar surface area (TPSA) is 29.3 Å². The van der Waals surface area contributed by atoms with Gasteiger partial charge < -0.3 is 10.6 Å². The average molecular weight is 154 g/mol. The second-order valence-corrected chi connectivity index (χ2v) is 3.66. The summed E-state index contributed by atoms with van der Waals surface area (Å²) in [4.78, 5) is 2.55. The predicted octanol–water partition coefficient (Wildman–Crippen LogP) is 0.757. The molecule has 2 heteroatoms.